The van der Waals surface area contributed by atoms with E-state index in [1.807, 2.05) is 24.3 Å². The molecule has 0 aliphatic heterocycles. The Balaban J connectivity index is 0.956. The summed E-state index contributed by atoms with van der Waals surface area (Å²) in [6, 6.07) is 78.0. The number of hydrogen-bond acceptors (Lipinski definition) is 3. The maximum Gasteiger partial charge on any atom is 0.164 e. The number of para-hydroxylation sites is 2. The summed E-state index contributed by atoms with van der Waals surface area (Å²) in [4.78, 5) is 15.3. The third kappa shape index (κ3) is 6.26. The van der Waals surface area contributed by atoms with Crippen LogP contribution in [0.15, 0.2) is 218 Å². The highest BCUT2D eigenvalue weighted by Gasteiger charge is 2.35. The molecule has 0 fully saturated rings. The normalized spacial score (nSPS) is 12.7. The van der Waals surface area contributed by atoms with Crippen molar-refractivity contribution in [3.8, 4) is 84.4 Å². The van der Waals surface area contributed by atoms with Crippen LogP contribution in [0.3, 0.4) is 0 Å². The average Bonchev–Trinajstić information content (AvgIpc) is 3.83. The quantitative estimate of drug-likeness (QED) is 0.161. The molecule has 2 aromatic heterocycles. The summed E-state index contributed by atoms with van der Waals surface area (Å²) in [6.07, 6.45) is 0. The summed E-state index contributed by atoms with van der Waals surface area (Å²) in [5.74, 6) is 1.88. The van der Waals surface area contributed by atoms with E-state index in [9.17, 15) is 0 Å². The summed E-state index contributed by atoms with van der Waals surface area (Å²) in [6.45, 7) is 4.69. The van der Waals surface area contributed by atoms with E-state index in [-0.39, 0.29) is 5.41 Å². The van der Waals surface area contributed by atoms with Crippen molar-refractivity contribution in [1.82, 2.24) is 19.5 Å². The highest BCUT2D eigenvalue weighted by Crippen LogP contribution is 2.49. The van der Waals surface area contributed by atoms with Crippen molar-refractivity contribution in [1.29, 1.82) is 0 Å². The predicted molar refractivity (Wildman–Crippen MR) is 264 cm³/mol. The molecule has 302 valence electrons. The second kappa shape index (κ2) is 15.0. The number of hydrogen-bond donors (Lipinski definition) is 0. The molecule has 1 aliphatic rings. The summed E-state index contributed by atoms with van der Waals surface area (Å²) in [5.41, 5.74) is 18.6. The lowest BCUT2D eigenvalue weighted by Gasteiger charge is -2.22. The van der Waals surface area contributed by atoms with Crippen LogP contribution in [0.4, 0.5) is 0 Å². The lowest BCUT2D eigenvalue weighted by atomic mass is 9.81. The minimum atomic E-state index is -0.0483. The second-order valence-electron chi connectivity index (χ2n) is 17.2. The molecule has 0 bridgehead atoms. The molecule has 64 heavy (non-hydrogen) atoms. The monoisotopic (exact) mass is 818 g/mol. The van der Waals surface area contributed by atoms with Gasteiger partial charge >= 0.3 is 0 Å². The van der Waals surface area contributed by atoms with Gasteiger partial charge in [-0.3, -0.25) is 0 Å². The lowest BCUT2D eigenvalue weighted by molar-refractivity contribution is 0.660. The van der Waals surface area contributed by atoms with Gasteiger partial charge in [-0.1, -0.05) is 208 Å². The minimum Gasteiger partial charge on any atom is -0.309 e. The molecule has 0 saturated carbocycles. The van der Waals surface area contributed by atoms with Crippen molar-refractivity contribution >= 4 is 21.8 Å². The summed E-state index contributed by atoms with van der Waals surface area (Å²) in [5, 5.41) is 2.41. The highest BCUT2D eigenvalue weighted by atomic mass is 15.0. The summed E-state index contributed by atoms with van der Waals surface area (Å²) in [7, 11) is 0. The van der Waals surface area contributed by atoms with Crippen molar-refractivity contribution in [2.24, 2.45) is 0 Å². The van der Waals surface area contributed by atoms with Crippen molar-refractivity contribution < 1.29 is 0 Å². The number of benzene rings is 9. The first kappa shape index (κ1) is 37.5. The molecular weight excluding hydrogens is 777 g/mol. The fourth-order valence-electron chi connectivity index (χ4n) is 9.82. The van der Waals surface area contributed by atoms with Crippen molar-refractivity contribution in [2.45, 2.75) is 19.3 Å². The zero-order valence-corrected chi connectivity index (χ0v) is 35.6. The van der Waals surface area contributed by atoms with Crippen LogP contribution in [-0.2, 0) is 5.41 Å². The van der Waals surface area contributed by atoms with Crippen LogP contribution < -0.4 is 0 Å². The van der Waals surface area contributed by atoms with E-state index in [0.717, 1.165) is 44.5 Å². The van der Waals surface area contributed by atoms with E-state index >= 15 is 0 Å². The van der Waals surface area contributed by atoms with Gasteiger partial charge in [0.1, 0.15) is 0 Å². The number of nitrogens with zero attached hydrogens (tertiary/aromatic N) is 4. The standard InChI is InChI=1S/C60H42N4/c1-60(2)53-25-11-9-21-49(53)50-36-35-45(38-54(50)60)41-27-31-42(32-28-41)48-23-14-24-52-51-22-10-12-26-55(51)64(56(48)52)47-20-13-19-46(37-47)59-62-57(43-17-7-4-8-18-43)61-58(63-59)44-33-29-40(30-34-44)39-15-5-3-6-16-39/h3-38H,1-2H3. The molecule has 0 N–H and O–H groups in total. The Kier molecular flexibility index (Phi) is 8.80. The Morgan fingerprint density at radius 1 is 0.328 bits per heavy atom. The summed E-state index contributed by atoms with van der Waals surface area (Å²) >= 11 is 0. The molecule has 0 unspecified atom stereocenters. The third-order valence-electron chi connectivity index (χ3n) is 13.1. The van der Waals surface area contributed by atoms with E-state index in [4.69, 9.17) is 15.0 Å². The van der Waals surface area contributed by atoms with E-state index in [1.165, 1.54) is 55.3 Å². The molecular formula is C60H42N4. The smallest absolute Gasteiger partial charge is 0.164 e. The minimum absolute atomic E-state index is 0.0483. The average molecular weight is 819 g/mol. The van der Waals surface area contributed by atoms with Crippen molar-refractivity contribution in [2.75, 3.05) is 0 Å². The molecule has 12 rings (SSSR count). The van der Waals surface area contributed by atoms with E-state index in [2.05, 4.69) is 213 Å². The number of aromatic nitrogens is 4. The van der Waals surface area contributed by atoms with Crippen molar-refractivity contribution in [3.63, 3.8) is 0 Å². The van der Waals surface area contributed by atoms with Gasteiger partial charge in [0.2, 0.25) is 0 Å². The summed E-state index contributed by atoms with van der Waals surface area (Å²) < 4.78 is 2.40. The maximum atomic E-state index is 5.15. The zero-order chi connectivity index (χ0) is 42.8. The Morgan fingerprint density at radius 3 is 1.56 bits per heavy atom. The van der Waals surface area contributed by atoms with Gasteiger partial charge in [0.25, 0.3) is 0 Å². The third-order valence-corrected chi connectivity index (χ3v) is 13.1. The Morgan fingerprint density at radius 2 is 0.812 bits per heavy atom. The SMILES string of the molecule is CC1(C)c2ccccc2-c2ccc(-c3ccc(-c4cccc5c6ccccc6n(-c6cccc(-c7nc(-c8ccccc8)nc(-c8ccc(-c9ccccc9)cc8)n7)c6)c45)cc3)cc21. The predicted octanol–water partition coefficient (Wildman–Crippen LogP) is 15.3. The van der Waals surface area contributed by atoms with Crippen LogP contribution >= 0.6 is 0 Å². The zero-order valence-electron chi connectivity index (χ0n) is 35.6. The topological polar surface area (TPSA) is 43.6 Å². The number of rotatable bonds is 7. The van der Waals surface area contributed by atoms with Gasteiger partial charge < -0.3 is 4.57 Å². The van der Waals surface area contributed by atoms with Crippen LogP contribution in [0, 0.1) is 0 Å². The van der Waals surface area contributed by atoms with Crippen LogP contribution in [0.1, 0.15) is 25.0 Å². The Labute approximate surface area is 372 Å². The first-order valence-corrected chi connectivity index (χ1v) is 21.9. The van der Waals surface area contributed by atoms with Crippen LogP contribution in [-0.4, -0.2) is 19.5 Å². The maximum absolute atomic E-state index is 5.15. The number of fused-ring (bicyclic) bond motifs is 6. The van der Waals surface area contributed by atoms with E-state index < -0.39 is 0 Å². The molecule has 4 nitrogen and oxygen atoms in total. The molecule has 0 radical (unpaired) electrons. The van der Waals surface area contributed by atoms with Crippen LogP contribution in [0.2, 0.25) is 0 Å². The molecule has 0 saturated heterocycles. The molecule has 2 heterocycles. The van der Waals surface area contributed by atoms with Crippen LogP contribution in [0.25, 0.3) is 106 Å². The molecule has 0 atom stereocenters. The second-order valence-corrected chi connectivity index (χ2v) is 17.2. The first-order chi connectivity index (χ1) is 31.5. The first-order valence-electron chi connectivity index (χ1n) is 21.9. The molecule has 0 spiro atoms. The van der Waals surface area contributed by atoms with Crippen LogP contribution in [0.5, 0.6) is 0 Å². The molecule has 9 aromatic carbocycles. The molecule has 4 heteroatoms. The molecule has 0 amide bonds. The fourth-order valence-corrected chi connectivity index (χ4v) is 9.82. The van der Waals surface area contributed by atoms with Gasteiger partial charge in [0.05, 0.1) is 11.0 Å². The molecule has 11 aromatic rings. The highest BCUT2D eigenvalue weighted by molar-refractivity contribution is 6.14. The van der Waals surface area contributed by atoms with Crippen molar-refractivity contribution in [3.05, 3.63) is 230 Å². The lowest BCUT2D eigenvalue weighted by Crippen LogP contribution is -2.14. The van der Waals surface area contributed by atoms with Gasteiger partial charge in [0.15, 0.2) is 17.5 Å². The van der Waals surface area contributed by atoms with Gasteiger partial charge in [0, 0.05) is 44.1 Å². The molecule has 1 aliphatic carbocycles. The van der Waals surface area contributed by atoms with Gasteiger partial charge in [-0.25, -0.2) is 15.0 Å². The Hall–Kier alpha value is -8.21. The van der Waals surface area contributed by atoms with E-state index in [0.29, 0.717) is 17.5 Å². The Bertz CT molecular complexity index is 3550. The van der Waals surface area contributed by atoms with Gasteiger partial charge in [-0.15, -0.1) is 0 Å². The van der Waals surface area contributed by atoms with Gasteiger partial charge in [-0.2, -0.15) is 0 Å². The fraction of sp³-hybridized carbons (Fsp3) is 0.0500. The largest absolute Gasteiger partial charge is 0.309 e. The van der Waals surface area contributed by atoms with Gasteiger partial charge in [-0.05, 0) is 74.3 Å². The van der Waals surface area contributed by atoms with E-state index in [1.54, 1.807) is 0 Å².